The van der Waals surface area contributed by atoms with Crippen molar-refractivity contribution in [1.29, 1.82) is 0 Å². The highest BCUT2D eigenvalue weighted by Gasteiger charge is 2.16. The Balaban J connectivity index is 4.79. The molecule has 0 aromatic heterocycles. The first-order chi connectivity index (χ1) is 10.4. The first-order valence-corrected chi connectivity index (χ1v) is 8.15. The van der Waals surface area contributed by atoms with E-state index in [4.69, 9.17) is 5.11 Å². The van der Waals surface area contributed by atoms with E-state index in [9.17, 15) is 9.59 Å². The van der Waals surface area contributed by atoms with Gasteiger partial charge in [-0.05, 0) is 31.1 Å². The average molecular weight is 328 g/mol. The minimum absolute atomic E-state index is 0.242. The van der Waals surface area contributed by atoms with Crippen LogP contribution in [0.2, 0.25) is 0 Å². The topological polar surface area (TPSA) is 78.4 Å². The lowest BCUT2D eigenvalue weighted by molar-refractivity contribution is -0.138. The first kappa shape index (κ1) is 20.7. The molecule has 0 bridgehead atoms. The molecular weight excluding hydrogens is 300 g/mol. The lowest BCUT2D eigenvalue weighted by atomic mass is 9.93. The van der Waals surface area contributed by atoms with Crippen molar-refractivity contribution in [2.24, 2.45) is 17.8 Å². The number of aliphatic carboxylic acids is 1. The highest BCUT2D eigenvalue weighted by molar-refractivity contribution is 7.80. The molecule has 6 heteroatoms. The minimum atomic E-state index is -1.05. The van der Waals surface area contributed by atoms with E-state index in [-0.39, 0.29) is 24.3 Å². The summed E-state index contributed by atoms with van der Waals surface area (Å²) in [5, 5.41) is 14.0. The van der Waals surface area contributed by atoms with Gasteiger partial charge in [0.1, 0.15) is 6.54 Å². The van der Waals surface area contributed by atoms with E-state index in [2.05, 4.69) is 49.3 Å². The number of hydrogen-bond donors (Lipinski definition) is 4. The number of hydrogen-bond acceptors (Lipinski definition) is 4. The van der Waals surface area contributed by atoms with Crippen molar-refractivity contribution in [3.8, 4) is 0 Å². The van der Waals surface area contributed by atoms with E-state index in [1.54, 1.807) is 7.05 Å². The van der Waals surface area contributed by atoms with Gasteiger partial charge in [-0.1, -0.05) is 38.2 Å². The molecule has 0 heterocycles. The van der Waals surface area contributed by atoms with Crippen molar-refractivity contribution in [2.45, 2.75) is 20.3 Å². The SMILES string of the molecule is CNCC(/C=C/C(/C=C/CCS)C(C)C)C(=O)NCC(=O)O. The van der Waals surface area contributed by atoms with Gasteiger partial charge in [-0.3, -0.25) is 9.59 Å². The average Bonchev–Trinajstić information content (AvgIpc) is 2.46. The van der Waals surface area contributed by atoms with Crippen LogP contribution in [0.5, 0.6) is 0 Å². The van der Waals surface area contributed by atoms with Gasteiger partial charge in [-0.2, -0.15) is 12.6 Å². The standard InChI is InChI=1S/C16H28N2O3S/c1-12(2)13(6-4-5-9-22)7-8-14(10-17-3)16(21)18-11-15(19)20/h4,6-8,12-14,17,22H,5,9-11H2,1-3H3,(H,18,21)(H,19,20)/b6-4+,8-7+. The van der Waals surface area contributed by atoms with Crippen LogP contribution in [0.15, 0.2) is 24.3 Å². The van der Waals surface area contributed by atoms with Crippen molar-refractivity contribution < 1.29 is 14.7 Å². The monoisotopic (exact) mass is 328 g/mol. The lowest BCUT2D eigenvalue weighted by Gasteiger charge is -2.15. The smallest absolute Gasteiger partial charge is 0.322 e. The van der Waals surface area contributed by atoms with Gasteiger partial charge in [0.25, 0.3) is 0 Å². The fourth-order valence-corrected chi connectivity index (χ4v) is 2.01. The summed E-state index contributed by atoms with van der Waals surface area (Å²) in [5.41, 5.74) is 0. The lowest BCUT2D eigenvalue weighted by Crippen LogP contribution is -2.37. The summed E-state index contributed by atoms with van der Waals surface area (Å²) in [5.74, 6) is -0.240. The van der Waals surface area contributed by atoms with Crippen LogP contribution in [0.4, 0.5) is 0 Å². The summed E-state index contributed by atoms with van der Waals surface area (Å²) < 4.78 is 0. The Morgan fingerprint density at radius 1 is 1.23 bits per heavy atom. The summed E-state index contributed by atoms with van der Waals surface area (Å²) >= 11 is 4.18. The van der Waals surface area contributed by atoms with Crippen LogP contribution in [-0.4, -0.2) is 42.9 Å². The van der Waals surface area contributed by atoms with Gasteiger partial charge in [0.2, 0.25) is 5.91 Å². The highest BCUT2D eigenvalue weighted by Crippen LogP contribution is 2.16. The van der Waals surface area contributed by atoms with E-state index in [0.717, 1.165) is 12.2 Å². The van der Waals surface area contributed by atoms with Gasteiger partial charge in [0.15, 0.2) is 0 Å². The fourth-order valence-electron chi connectivity index (χ4n) is 1.86. The largest absolute Gasteiger partial charge is 0.480 e. The molecule has 0 aliphatic rings. The normalized spacial score (nSPS) is 14.6. The molecule has 0 aromatic carbocycles. The molecule has 126 valence electrons. The molecule has 0 saturated carbocycles. The number of carboxylic acids is 1. The first-order valence-electron chi connectivity index (χ1n) is 7.52. The zero-order valence-corrected chi connectivity index (χ0v) is 14.5. The molecule has 0 fully saturated rings. The van der Waals surface area contributed by atoms with Gasteiger partial charge >= 0.3 is 5.97 Å². The van der Waals surface area contributed by atoms with E-state index in [0.29, 0.717) is 12.5 Å². The van der Waals surface area contributed by atoms with Gasteiger partial charge in [-0.25, -0.2) is 0 Å². The Morgan fingerprint density at radius 2 is 1.91 bits per heavy atom. The third kappa shape index (κ3) is 9.63. The number of carbonyl (C=O) groups is 2. The van der Waals surface area contributed by atoms with Gasteiger partial charge in [0, 0.05) is 6.54 Å². The van der Waals surface area contributed by atoms with E-state index in [1.807, 2.05) is 12.2 Å². The number of allylic oxidation sites excluding steroid dienone is 3. The van der Waals surface area contributed by atoms with Crippen LogP contribution in [0.25, 0.3) is 0 Å². The summed E-state index contributed by atoms with van der Waals surface area (Å²) in [4.78, 5) is 22.5. The number of carbonyl (C=O) groups excluding carboxylic acids is 1. The van der Waals surface area contributed by atoms with Crippen molar-refractivity contribution >= 4 is 24.5 Å². The summed E-state index contributed by atoms with van der Waals surface area (Å²) in [6, 6.07) is 0. The molecule has 2 unspecified atom stereocenters. The second kappa shape index (κ2) is 12.3. The van der Waals surface area contributed by atoms with Crippen molar-refractivity contribution in [3.63, 3.8) is 0 Å². The number of carboxylic acid groups (broad SMARTS) is 1. The second-order valence-electron chi connectivity index (χ2n) is 5.42. The van der Waals surface area contributed by atoms with Crippen LogP contribution in [0, 0.1) is 17.8 Å². The van der Waals surface area contributed by atoms with E-state index in [1.165, 1.54) is 0 Å². The van der Waals surface area contributed by atoms with Crippen molar-refractivity contribution in [1.82, 2.24) is 10.6 Å². The summed E-state index contributed by atoms with van der Waals surface area (Å²) in [6.45, 7) is 4.35. The van der Waals surface area contributed by atoms with Crippen LogP contribution in [0.3, 0.4) is 0 Å². The molecule has 0 saturated heterocycles. The summed E-state index contributed by atoms with van der Waals surface area (Å²) in [6.07, 6.45) is 9.01. The molecule has 0 radical (unpaired) electrons. The van der Waals surface area contributed by atoms with Gasteiger partial charge in [-0.15, -0.1) is 0 Å². The van der Waals surface area contributed by atoms with Crippen molar-refractivity contribution in [3.05, 3.63) is 24.3 Å². The van der Waals surface area contributed by atoms with Crippen LogP contribution in [-0.2, 0) is 9.59 Å². The molecular formula is C16H28N2O3S. The predicted octanol–water partition coefficient (Wildman–Crippen LogP) is 1.73. The quantitative estimate of drug-likeness (QED) is 0.344. The summed E-state index contributed by atoms with van der Waals surface area (Å²) in [7, 11) is 1.76. The maximum Gasteiger partial charge on any atom is 0.322 e. The predicted molar refractivity (Wildman–Crippen MR) is 93.1 cm³/mol. The van der Waals surface area contributed by atoms with Gasteiger partial charge in [0.05, 0.1) is 5.92 Å². The number of thiol groups is 1. The zero-order chi connectivity index (χ0) is 17.0. The number of amides is 1. The van der Waals surface area contributed by atoms with Crippen LogP contribution in [0.1, 0.15) is 20.3 Å². The Labute approximate surface area is 138 Å². The third-order valence-corrected chi connectivity index (χ3v) is 3.42. The maximum absolute atomic E-state index is 12.0. The Bertz CT molecular complexity index is 395. The molecule has 5 nitrogen and oxygen atoms in total. The number of rotatable bonds is 11. The second-order valence-corrected chi connectivity index (χ2v) is 5.87. The molecule has 0 spiro atoms. The van der Waals surface area contributed by atoms with Crippen molar-refractivity contribution in [2.75, 3.05) is 25.9 Å². The fraction of sp³-hybridized carbons (Fsp3) is 0.625. The zero-order valence-electron chi connectivity index (χ0n) is 13.6. The van der Waals surface area contributed by atoms with Gasteiger partial charge < -0.3 is 15.7 Å². The maximum atomic E-state index is 12.0. The molecule has 22 heavy (non-hydrogen) atoms. The minimum Gasteiger partial charge on any atom is -0.480 e. The Morgan fingerprint density at radius 3 is 2.41 bits per heavy atom. The molecule has 3 N–H and O–H groups in total. The Kier molecular flexibility index (Phi) is 11.6. The molecule has 0 aliphatic heterocycles. The highest BCUT2D eigenvalue weighted by atomic mass is 32.1. The van der Waals surface area contributed by atoms with Crippen LogP contribution >= 0.6 is 12.6 Å². The molecule has 0 aromatic rings. The van der Waals surface area contributed by atoms with Crippen LogP contribution < -0.4 is 10.6 Å². The molecule has 1 amide bonds. The van der Waals surface area contributed by atoms with E-state index >= 15 is 0 Å². The molecule has 0 rings (SSSR count). The molecule has 2 atom stereocenters. The third-order valence-electron chi connectivity index (χ3n) is 3.16. The van der Waals surface area contributed by atoms with E-state index < -0.39 is 5.97 Å². The number of nitrogens with one attached hydrogen (secondary N) is 2. The Hall–Kier alpha value is -1.27. The molecule has 0 aliphatic carbocycles.